The second-order valence-electron chi connectivity index (χ2n) is 6.50. The molecule has 0 N–H and O–H groups in total. The molecule has 0 fully saturated rings. The molecule has 0 atom stereocenters. The molecule has 0 saturated carbocycles. The van der Waals surface area contributed by atoms with Gasteiger partial charge in [-0.25, -0.2) is 4.98 Å². The van der Waals surface area contributed by atoms with Crippen molar-refractivity contribution >= 4 is 5.65 Å². The van der Waals surface area contributed by atoms with Gasteiger partial charge in [0.15, 0.2) is 0 Å². The van der Waals surface area contributed by atoms with Gasteiger partial charge in [-0.2, -0.15) is 10.5 Å². The zero-order valence-electron chi connectivity index (χ0n) is 15.1. The van der Waals surface area contributed by atoms with Crippen LogP contribution in [0.5, 0.6) is 0 Å². The van der Waals surface area contributed by atoms with E-state index in [0.717, 1.165) is 33.7 Å². The number of nitrogens with zero attached hydrogens (tertiary/aromatic N) is 5. The molecule has 5 heteroatoms. The molecule has 130 valence electrons. The number of pyridine rings is 1. The highest BCUT2D eigenvalue weighted by atomic mass is 15.0. The zero-order chi connectivity index (χ0) is 19.0. The van der Waals surface area contributed by atoms with Crippen LogP contribution in [-0.4, -0.2) is 14.0 Å². The van der Waals surface area contributed by atoms with Gasteiger partial charge in [-0.05, 0) is 37.6 Å². The summed E-state index contributed by atoms with van der Waals surface area (Å²) < 4.78 is 4.16. The molecule has 3 heterocycles. The highest BCUT2D eigenvalue weighted by molar-refractivity contribution is 5.75. The maximum Gasteiger partial charge on any atom is 0.141 e. The number of hydrogen-bond acceptors (Lipinski definition) is 3. The van der Waals surface area contributed by atoms with E-state index in [2.05, 4.69) is 27.8 Å². The first kappa shape index (κ1) is 16.6. The molecule has 4 rings (SSSR count). The van der Waals surface area contributed by atoms with Gasteiger partial charge < -0.3 is 8.97 Å². The Balaban J connectivity index is 1.85. The van der Waals surface area contributed by atoms with Gasteiger partial charge in [0.1, 0.15) is 11.7 Å². The van der Waals surface area contributed by atoms with E-state index in [1.165, 1.54) is 0 Å². The van der Waals surface area contributed by atoms with E-state index in [1.54, 1.807) is 18.3 Å². The maximum atomic E-state index is 9.77. The summed E-state index contributed by atoms with van der Waals surface area (Å²) in [6.07, 6.45) is 5.69. The number of imidazole rings is 1. The average Bonchev–Trinajstić information content (AvgIpc) is 3.27. The van der Waals surface area contributed by atoms with Gasteiger partial charge in [0.2, 0.25) is 0 Å². The summed E-state index contributed by atoms with van der Waals surface area (Å²) in [4.78, 5) is 4.45. The average molecular weight is 351 g/mol. The van der Waals surface area contributed by atoms with Crippen molar-refractivity contribution in [2.45, 2.75) is 20.4 Å². The van der Waals surface area contributed by atoms with E-state index in [4.69, 9.17) is 5.26 Å². The molecule has 0 spiro atoms. The SMILES string of the molecule is Cc1c(C#N)c(-c2ccc(C#N)cc2)c(C)n1Cc1cccn2ccnc12. The normalized spacial score (nSPS) is 10.7. The number of aromatic nitrogens is 3. The van der Waals surface area contributed by atoms with Crippen LogP contribution in [-0.2, 0) is 6.54 Å². The Morgan fingerprint density at radius 3 is 2.44 bits per heavy atom. The number of nitriles is 2. The molecule has 5 nitrogen and oxygen atoms in total. The fourth-order valence-electron chi connectivity index (χ4n) is 3.62. The van der Waals surface area contributed by atoms with Gasteiger partial charge >= 0.3 is 0 Å². The van der Waals surface area contributed by atoms with Crippen molar-refractivity contribution < 1.29 is 0 Å². The van der Waals surface area contributed by atoms with E-state index in [0.29, 0.717) is 17.7 Å². The molecule has 27 heavy (non-hydrogen) atoms. The smallest absolute Gasteiger partial charge is 0.141 e. The van der Waals surface area contributed by atoms with E-state index >= 15 is 0 Å². The molecule has 0 aliphatic heterocycles. The van der Waals surface area contributed by atoms with Gasteiger partial charge in [-0.1, -0.05) is 18.2 Å². The summed E-state index contributed by atoms with van der Waals surface area (Å²) in [6.45, 7) is 4.65. The zero-order valence-corrected chi connectivity index (χ0v) is 15.1. The molecule has 0 amide bonds. The van der Waals surface area contributed by atoms with Crippen LogP contribution < -0.4 is 0 Å². The van der Waals surface area contributed by atoms with Crippen molar-refractivity contribution in [3.63, 3.8) is 0 Å². The van der Waals surface area contributed by atoms with Crippen LogP contribution in [0.1, 0.15) is 28.1 Å². The predicted octanol–water partition coefficient (Wildman–Crippen LogP) is 4.21. The summed E-state index contributed by atoms with van der Waals surface area (Å²) in [5.74, 6) is 0. The molecule has 1 aromatic carbocycles. The first-order valence-corrected chi connectivity index (χ1v) is 8.65. The van der Waals surface area contributed by atoms with Gasteiger partial charge in [0.25, 0.3) is 0 Å². The number of hydrogen-bond donors (Lipinski definition) is 0. The molecule has 3 aromatic heterocycles. The third-order valence-electron chi connectivity index (χ3n) is 5.03. The molecule has 0 unspecified atom stereocenters. The minimum atomic E-state index is 0.608. The van der Waals surface area contributed by atoms with Gasteiger partial charge in [0.05, 0.1) is 23.7 Å². The maximum absolute atomic E-state index is 9.77. The molecule has 0 aliphatic rings. The largest absolute Gasteiger partial charge is 0.343 e. The Labute approximate surface area is 157 Å². The molecular weight excluding hydrogens is 334 g/mol. The lowest BCUT2D eigenvalue weighted by atomic mass is 10.0. The second-order valence-corrected chi connectivity index (χ2v) is 6.50. The lowest BCUT2D eigenvalue weighted by molar-refractivity contribution is 0.749. The summed E-state index contributed by atoms with van der Waals surface area (Å²) in [6, 6.07) is 15.9. The fraction of sp³-hybridized carbons (Fsp3) is 0.136. The highest BCUT2D eigenvalue weighted by Gasteiger charge is 2.19. The first-order chi connectivity index (χ1) is 13.1. The molecular formula is C22H17N5. The second kappa shape index (κ2) is 6.48. The highest BCUT2D eigenvalue weighted by Crippen LogP contribution is 2.32. The Morgan fingerprint density at radius 2 is 1.74 bits per heavy atom. The quantitative estimate of drug-likeness (QED) is 0.555. The molecule has 0 bridgehead atoms. The third-order valence-corrected chi connectivity index (χ3v) is 5.03. The van der Waals surface area contributed by atoms with Crippen LogP contribution in [0.25, 0.3) is 16.8 Å². The summed E-state index contributed by atoms with van der Waals surface area (Å²) >= 11 is 0. The fourth-order valence-corrected chi connectivity index (χ4v) is 3.62. The summed E-state index contributed by atoms with van der Waals surface area (Å²) in [5.41, 5.74) is 7.14. The van der Waals surface area contributed by atoms with Crippen molar-refractivity contribution in [3.8, 4) is 23.3 Å². The Kier molecular flexibility index (Phi) is 3.99. The van der Waals surface area contributed by atoms with Crippen molar-refractivity contribution in [2.75, 3.05) is 0 Å². The topological polar surface area (TPSA) is 69.8 Å². The summed E-state index contributed by atoms with van der Waals surface area (Å²) in [5, 5.41) is 18.8. The van der Waals surface area contributed by atoms with Crippen LogP contribution in [0.15, 0.2) is 55.0 Å². The van der Waals surface area contributed by atoms with Crippen LogP contribution in [0.3, 0.4) is 0 Å². The standard InChI is InChI=1S/C22H17N5/c1-15-20(13-24)21(18-7-5-17(12-23)6-8-18)16(2)27(15)14-19-4-3-10-26-11-9-25-22(19)26/h3-11H,14H2,1-2H3. The molecule has 0 radical (unpaired) electrons. The minimum absolute atomic E-state index is 0.608. The Hall–Kier alpha value is -3.83. The molecule has 0 saturated heterocycles. The number of rotatable bonds is 3. The van der Waals surface area contributed by atoms with Crippen LogP contribution in [0.2, 0.25) is 0 Å². The first-order valence-electron chi connectivity index (χ1n) is 8.65. The van der Waals surface area contributed by atoms with E-state index < -0.39 is 0 Å². The van der Waals surface area contributed by atoms with Crippen LogP contribution in [0.4, 0.5) is 0 Å². The lowest BCUT2D eigenvalue weighted by Crippen LogP contribution is -2.06. The summed E-state index contributed by atoms with van der Waals surface area (Å²) in [7, 11) is 0. The minimum Gasteiger partial charge on any atom is -0.343 e. The van der Waals surface area contributed by atoms with Gasteiger partial charge in [0, 0.05) is 41.1 Å². The van der Waals surface area contributed by atoms with Crippen molar-refractivity contribution in [3.05, 3.63) is 83.1 Å². The third kappa shape index (κ3) is 2.67. The predicted molar refractivity (Wildman–Crippen MR) is 103 cm³/mol. The van der Waals surface area contributed by atoms with Gasteiger partial charge in [-0.15, -0.1) is 0 Å². The number of benzene rings is 1. The van der Waals surface area contributed by atoms with E-state index in [1.807, 2.05) is 48.8 Å². The Morgan fingerprint density at radius 1 is 0.963 bits per heavy atom. The Bertz CT molecular complexity index is 1230. The monoisotopic (exact) mass is 351 g/mol. The van der Waals surface area contributed by atoms with E-state index in [-0.39, 0.29) is 0 Å². The van der Waals surface area contributed by atoms with Crippen LogP contribution in [0, 0.1) is 36.5 Å². The molecule has 4 aromatic rings. The van der Waals surface area contributed by atoms with Gasteiger partial charge in [-0.3, -0.25) is 0 Å². The van der Waals surface area contributed by atoms with Crippen LogP contribution >= 0.6 is 0 Å². The molecule has 0 aliphatic carbocycles. The number of fused-ring (bicyclic) bond motifs is 1. The van der Waals surface area contributed by atoms with Crippen molar-refractivity contribution in [1.29, 1.82) is 10.5 Å². The van der Waals surface area contributed by atoms with Crippen molar-refractivity contribution in [1.82, 2.24) is 14.0 Å². The van der Waals surface area contributed by atoms with E-state index in [9.17, 15) is 5.26 Å². The van der Waals surface area contributed by atoms with Crippen molar-refractivity contribution in [2.24, 2.45) is 0 Å². The lowest BCUT2D eigenvalue weighted by Gasteiger charge is -2.11.